The molecule has 1 saturated heterocycles. The number of benzene rings is 1. The maximum absolute atomic E-state index is 13.0. The van der Waals surface area contributed by atoms with Crippen molar-refractivity contribution in [2.45, 2.75) is 38.7 Å². The number of hydrogen-bond acceptors (Lipinski definition) is 6. The van der Waals surface area contributed by atoms with E-state index in [0.29, 0.717) is 44.9 Å². The fraction of sp³-hybridized carbons (Fsp3) is 0.360. The number of rotatable bonds is 7. The van der Waals surface area contributed by atoms with E-state index in [1.807, 2.05) is 49.4 Å². The third kappa shape index (κ3) is 4.89. The molecule has 3 aromatic rings. The van der Waals surface area contributed by atoms with Gasteiger partial charge in [0.25, 0.3) is 0 Å². The summed E-state index contributed by atoms with van der Waals surface area (Å²) in [4.78, 5) is 31.0. The largest absolute Gasteiger partial charge is 0.487 e. The first-order chi connectivity index (χ1) is 16.0. The molecule has 0 bridgehead atoms. The lowest BCUT2D eigenvalue weighted by molar-refractivity contribution is -0.153. The van der Waals surface area contributed by atoms with Gasteiger partial charge in [-0.2, -0.15) is 5.10 Å². The van der Waals surface area contributed by atoms with Crippen molar-refractivity contribution in [3.8, 4) is 17.1 Å². The van der Waals surface area contributed by atoms with E-state index in [9.17, 15) is 9.59 Å². The van der Waals surface area contributed by atoms with Crippen LogP contribution in [0.1, 0.15) is 37.8 Å². The molecule has 4 rings (SSSR count). The molecule has 8 nitrogen and oxygen atoms in total. The Morgan fingerprint density at radius 2 is 1.97 bits per heavy atom. The van der Waals surface area contributed by atoms with Gasteiger partial charge in [0.1, 0.15) is 12.4 Å². The van der Waals surface area contributed by atoms with Gasteiger partial charge >= 0.3 is 5.97 Å². The number of nitrogens with one attached hydrogen (secondary N) is 1. The van der Waals surface area contributed by atoms with Crippen molar-refractivity contribution in [3.63, 3.8) is 0 Å². The quantitative estimate of drug-likeness (QED) is 0.556. The van der Waals surface area contributed by atoms with Gasteiger partial charge in [0.05, 0.1) is 29.6 Å². The molecule has 0 atom stereocenters. The van der Waals surface area contributed by atoms with E-state index in [0.717, 1.165) is 22.5 Å². The molecule has 1 fully saturated rings. The van der Waals surface area contributed by atoms with Crippen LogP contribution in [-0.2, 0) is 26.3 Å². The van der Waals surface area contributed by atoms with Crippen LogP contribution in [0, 0.1) is 0 Å². The number of pyridine rings is 1. The van der Waals surface area contributed by atoms with Crippen LogP contribution in [0.2, 0.25) is 0 Å². The minimum absolute atomic E-state index is 0.0294. The Hall–Kier alpha value is -3.68. The minimum Gasteiger partial charge on any atom is -0.487 e. The van der Waals surface area contributed by atoms with Crippen molar-refractivity contribution < 1.29 is 19.1 Å². The highest BCUT2D eigenvalue weighted by Crippen LogP contribution is 2.37. The number of carbonyl (C=O) groups excluding carboxylic acids is 2. The Kier molecular flexibility index (Phi) is 6.72. The summed E-state index contributed by atoms with van der Waals surface area (Å²) in [6.07, 6.45) is 4.43. The van der Waals surface area contributed by atoms with Crippen LogP contribution in [0.25, 0.3) is 11.4 Å². The highest BCUT2D eigenvalue weighted by Gasteiger charge is 2.44. The van der Waals surface area contributed by atoms with Crippen LogP contribution in [0.4, 0.5) is 0 Å². The smallest absolute Gasteiger partial charge is 0.316 e. The first-order valence-electron chi connectivity index (χ1n) is 11.1. The molecular formula is C25H28N4O4. The summed E-state index contributed by atoms with van der Waals surface area (Å²) in [7, 11) is 0. The zero-order valence-corrected chi connectivity index (χ0v) is 18.9. The molecule has 1 amide bonds. The highest BCUT2D eigenvalue weighted by molar-refractivity contribution is 5.84. The van der Waals surface area contributed by atoms with Gasteiger partial charge in [-0.1, -0.05) is 24.3 Å². The van der Waals surface area contributed by atoms with E-state index in [4.69, 9.17) is 9.47 Å². The lowest BCUT2D eigenvalue weighted by atomic mass is 9.72. The lowest BCUT2D eigenvalue weighted by Gasteiger charge is -2.40. The van der Waals surface area contributed by atoms with Crippen LogP contribution in [0.3, 0.4) is 0 Å². The maximum Gasteiger partial charge on any atom is 0.316 e. The summed E-state index contributed by atoms with van der Waals surface area (Å²) in [6, 6.07) is 13.5. The zero-order chi connectivity index (χ0) is 23.3. The predicted molar refractivity (Wildman–Crippen MR) is 122 cm³/mol. The molecule has 1 aliphatic heterocycles. The number of piperidine rings is 1. The zero-order valence-electron chi connectivity index (χ0n) is 18.9. The average molecular weight is 449 g/mol. The minimum atomic E-state index is -0.759. The van der Waals surface area contributed by atoms with Crippen LogP contribution >= 0.6 is 0 Å². The summed E-state index contributed by atoms with van der Waals surface area (Å²) in [5.74, 6) is 0.449. The molecule has 0 radical (unpaired) electrons. The summed E-state index contributed by atoms with van der Waals surface area (Å²) in [5, 5.41) is 6.82. The Morgan fingerprint density at radius 1 is 1.15 bits per heavy atom. The van der Waals surface area contributed by atoms with Gasteiger partial charge in [0.2, 0.25) is 5.91 Å². The molecule has 172 valence electrons. The van der Waals surface area contributed by atoms with E-state index in [-0.39, 0.29) is 11.9 Å². The third-order valence-corrected chi connectivity index (χ3v) is 6.13. The molecule has 1 N–H and O–H groups in total. The van der Waals surface area contributed by atoms with Gasteiger partial charge < -0.3 is 14.4 Å². The summed E-state index contributed by atoms with van der Waals surface area (Å²) >= 11 is 0. The van der Waals surface area contributed by atoms with Gasteiger partial charge in [-0.15, -0.1) is 0 Å². The van der Waals surface area contributed by atoms with Crippen LogP contribution < -0.4 is 4.74 Å². The monoisotopic (exact) mass is 448 g/mol. The van der Waals surface area contributed by atoms with E-state index >= 15 is 0 Å². The van der Waals surface area contributed by atoms with E-state index < -0.39 is 5.41 Å². The number of aromatic nitrogens is 3. The predicted octanol–water partition coefficient (Wildman–Crippen LogP) is 3.49. The van der Waals surface area contributed by atoms with Gasteiger partial charge in [0, 0.05) is 26.2 Å². The van der Waals surface area contributed by atoms with E-state index in [2.05, 4.69) is 15.2 Å². The Balaban J connectivity index is 1.49. The molecule has 0 spiro atoms. The number of nitrogens with zero attached hydrogens (tertiary/aromatic N) is 3. The molecule has 1 aromatic carbocycles. The topological polar surface area (TPSA) is 97.4 Å². The van der Waals surface area contributed by atoms with Crippen molar-refractivity contribution in [3.05, 3.63) is 66.0 Å². The molecule has 1 aliphatic rings. The Labute approximate surface area is 192 Å². The van der Waals surface area contributed by atoms with Crippen molar-refractivity contribution in [1.82, 2.24) is 20.1 Å². The molecule has 0 aliphatic carbocycles. The van der Waals surface area contributed by atoms with Gasteiger partial charge in [-0.25, -0.2) is 0 Å². The summed E-state index contributed by atoms with van der Waals surface area (Å²) in [6.45, 7) is 5.10. The van der Waals surface area contributed by atoms with Crippen molar-refractivity contribution in [2.75, 3.05) is 19.7 Å². The van der Waals surface area contributed by atoms with E-state index in [1.54, 1.807) is 24.2 Å². The molecule has 0 saturated carbocycles. The fourth-order valence-electron chi connectivity index (χ4n) is 4.23. The number of esters is 1. The second-order valence-electron chi connectivity index (χ2n) is 8.15. The molecule has 0 unspecified atom stereocenters. The van der Waals surface area contributed by atoms with E-state index in [1.165, 1.54) is 0 Å². The number of ether oxygens (including phenoxy) is 2. The average Bonchev–Trinajstić information content (AvgIpc) is 3.38. The molecule has 8 heteroatoms. The van der Waals surface area contributed by atoms with Crippen molar-refractivity contribution in [2.24, 2.45) is 0 Å². The molecular weight excluding hydrogens is 420 g/mol. The number of likely N-dealkylation sites (tertiary alicyclic amines) is 1. The number of aromatic amines is 1. The molecule has 3 heterocycles. The highest BCUT2D eigenvalue weighted by atomic mass is 16.5. The first kappa shape index (κ1) is 22.5. The van der Waals surface area contributed by atoms with Crippen LogP contribution in [0.5, 0.6) is 5.75 Å². The second-order valence-corrected chi connectivity index (χ2v) is 8.15. The summed E-state index contributed by atoms with van der Waals surface area (Å²) < 4.78 is 11.4. The molecule has 2 aromatic heterocycles. The van der Waals surface area contributed by atoms with Crippen LogP contribution in [-0.4, -0.2) is 51.7 Å². The lowest BCUT2D eigenvalue weighted by Crippen LogP contribution is -2.49. The molecule has 33 heavy (non-hydrogen) atoms. The number of hydrogen-bond donors (Lipinski definition) is 1. The van der Waals surface area contributed by atoms with Crippen LogP contribution in [0.15, 0.2) is 54.9 Å². The third-order valence-electron chi connectivity index (χ3n) is 6.13. The normalized spacial score (nSPS) is 15.2. The van der Waals surface area contributed by atoms with Gasteiger partial charge in [-0.05, 0) is 49.1 Å². The van der Waals surface area contributed by atoms with Gasteiger partial charge in [0.15, 0.2) is 0 Å². The van der Waals surface area contributed by atoms with Crippen molar-refractivity contribution in [1.29, 1.82) is 0 Å². The number of H-pyrrole nitrogens is 1. The number of carbonyl (C=O) groups is 2. The maximum atomic E-state index is 13.0. The summed E-state index contributed by atoms with van der Waals surface area (Å²) in [5.41, 5.74) is 2.72. The van der Waals surface area contributed by atoms with Gasteiger partial charge in [-0.3, -0.25) is 19.7 Å². The Bertz CT molecular complexity index is 1090. The fourth-order valence-corrected chi connectivity index (χ4v) is 4.23. The second kappa shape index (κ2) is 9.85. The Morgan fingerprint density at radius 3 is 2.61 bits per heavy atom. The number of amides is 1. The standard InChI is InChI=1S/C25H28N4O4/c1-3-32-24(31)25(10-13-29(14-11-25)18(2)30)20-6-4-5-19(15-20)17-33-21-7-8-22(26-16-21)23-9-12-27-28-23/h4-9,12,15-16H,3,10-11,13-14,17H2,1-2H3,(H,27,28). The first-order valence-corrected chi connectivity index (χ1v) is 11.1. The van der Waals surface area contributed by atoms with Crippen molar-refractivity contribution >= 4 is 11.9 Å². The SMILES string of the molecule is CCOC(=O)C1(c2cccc(COc3ccc(-c4ccn[nH]4)nc3)c2)CCN(C(C)=O)CC1.